The number of hydrogen-bond acceptors (Lipinski definition) is 2. The molecular formula is C20H11ClO2. The van der Waals surface area contributed by atoms with E-state index < -0.39 is 0 Å². The highest BCUT2D eigenvalue weighted by molar-refractivity contribution is 6.30. The van der Waals surface area contributed by atoms with Crippen LogP contribution in [0.3, 0.4) is 0 Å². The van der Waals surface area contributed by atoms with Gasteiger partial charge >= 0.3 is 0 Å². The Bertz CT molecular complexity index is 1090. The van der Waals surface area contributed by atoms with Crippen molar-refractivity contribution in [3.63, 3.8) is 0 Å². The first-order valence-electron chi connectivity index (χ1n) is 7.40. The van der Waals surface area contributed by atoms with E-state index in [0.717, 1.165) is 33.0 Å². The van der Waals surface area contributed by atoms with Gasteiger partial charge in [0.1, 0.15) is 0 Å². The third-order valence-electron chi connectivity index (χ3n) is 4.17. The van der Waals surface area contributed by atoms with Gasteiger partial charge < -0.3 is 9.47 Å². The minimum absolute atomic E-state index is 0.626. The molecule has 0 radical (unpaired) electrons. The SMILES string of the molecule is Clc1ccc2c(c1)Oc1c(c3ccccc3c3ccccc13)O2. The van der Waals surface area contributed by atoms with Gasteiger partial charge in [-0.05, 0) is 22.9 Å². The average molecular weight is 319 g/mol. The van der Waals surface area contributed by atoms with Gasteiger partial charge in [0.25, 0.3) is 0 Å². The van der Waals surface area contributed by atoms with E-state index in [-0.39, 0.29) is 0 Å². The van der Waals surface area contributed by atoms with Crippen LogP contribution >= 0.6 is 11.6 Å². The normalized spacial score (nSPS) is 12.4. The van der Waals surface area contributed by atoms with Crippen molar-refractivity contribution >= 4 is 33.1 Å². The molecule has 1 heterocycles. The van der Waals surface area contributed by atoms with Gasteiger partial charge in [0.2, 0.25) is 0 Å². The van der Waals surface area contributed by atoms with Crippen molar-refractivity contribution in [2.75, 3.05) is 0 Å². The summed E-state index contributed by atoms with van der Waals surface area (Å²) in [5.41, 5.74) is 0. The Kier molecular flexibility index (Phi) is 2.58. The quantitative estimate of drug-likeness (QED) is 0.302. The lowest BCUT2D eigenvalue weighted by atomic mass is 9.99. The maximum Gasteiger partial charge on any atom is 0.178 e. The molecule has 3 heteroatoms. The molecule has 110 valence electrons. The van der Waals surface area contributed by atoms with E-state index in [1.807, 2.05) is 30.3 Å². The Morgan fingerprint density at radius 1 is 0.565 bits per heavy atom. The summed E-state index contributed by atoms with van der Waals surface area (Å²) < 4.78 is 12.3. The monoisotopic (exact) mass is 318 g/mol. The van der Waals surface area contributed by atoms with Gasteiger partial charge in [-0.3, -0.25) is 0 Å². The number of benzene rings is 4. The molecule has 0 fully saturated rings. The fourth-order valence-electron chi connectivity index (χ4n) is 3.15. The van der Waals surface area contributed by atoms with Crippen molar-refractivity contribution in [1.29, 1.82) is 0 Å². The lowest BCUT2D eigenvalue weighted by Gasteiger charge is -2.24. The van der Waals surface area contributed by atoms with Crippen LogP contribution in [0.2, 0.25) is 5.02 Å². The van der Waals surface area contributed by atoms with E-state index >= 15 is 0 Å². The Labute approximate surface area is 137 Å². The standard InChI is InChI=1S/C20H11ClO2/c21-12-9-10-17-18(11-12)23-20-16-8-4-2-6-14(16)13-5-1-3-7-15(13)19(20)22-17/h1-11H. The second kappa shape index (κ2) is 4.64. The lowest BCUT2D eigenvalue weighted by molar-refractivity contribution is 0.367. The van der Waals surface area contributed by atoms with Crippen LogP contribution in [0, 0.1) is 0 Å². The van der Waals surface area contributed by atoms with Gasteiger partial charge in [0.05, 0.1) is 0 Å². The topological polar surface area (TPSA) is 18.5 Å². The zero-order valence-corrected chi connectivity index (χ0v) is 12.8. The minimum atomic E-state index is 0.626. The van der Waals surface area contributed by atoms with Crippen LogP contribution < -0.4 is 9.47 Å². The molecule has 1 aliphatic heterocycles. The first kappa shape index (κ1) is 12.8. The Hall–Kier alpha value is -2.71. The van der Waals surface area contributed by atoms with Crippen molar-refractivity contribution in [3.8, 4) is 23.0 Å². The number of hydrogen-bond donors (Lipinski definition) is 0. The summed E-state index contributed by atoms with van der Waals surface area (Å²) in [5, 5.41) is 5.01. The van der Waals surface area contributed by atoms with Crippen molar-refractivity contribution in [3.05, 3.63) is 71.8 Å². The van der Waals surface area contributed by atoms with Crippen LogP contribution in [0.4, 0.5) is 0 Å². The molecule has 0 unspecified atom stereocenters. The summed E-state index contributed by atoms with van der Waals surface area (Å²) >= 11 is 6.08. The molecule has 0 saturated heterocycles. The maximum atomic E-state index is 6.17. The maximum absolute atomic E-state index is 6.17. The molecule has 0 aromatic heterocycles. The van der Waals surface area contributed by atoms with E-state index in [4.69, 9.17) is 21.1 Å². The predicted molar refractivity (Wildman–Crippen MR) is 93.1 cm³/mol. The van der Waals surface area contributed by atoms with Gasteiger partial charge in [-0.15, -0.1) is 0 Å². The molecule has 4 aromatic rings. The highest BCUT2D eigenvalue weighted by atomic mass is 35.5. The highest BCUT2D eigenvalue weighted by Gasteiger charge is 2.24. The van der Waals surface area contributed by atoms with Crippen LogP contribution in [0.25, 0.3) is 21.5 Å². The van der Waals surface area contributed by atoms with Crippen molar-refractivity contribution < 1.29 is 9.47 Å². The molecular weight excluding hydrogens is 308 g/mol. The van der Waals surface area contributed by atoms with E-state index in [1.165, 1.54) is 0 Å². The number of ether oxygens (including phenoxy) is 2. The second-order valence-electron chi connectivity index (χ2n) is 5.54. The van der Waals surface area contributed by atoms with Crippen LogP contribution in [0.1, 0.15) is 0 Å². The van der Waals surface area contributed by atoms with Crippen LogP contribution in [0.5, 0.6) is 23.0 Å². The molecule has 0 atom stereocenters. The van der Waals surface area contributed by atoms with Crippen molar-refractivity contribution in [2.45, 2.75) is 0 Å². The van der Waals surface area contributed by atoms with Crippen molar-refractivity contribution in [2.24, 2.45) is 0 Å². The van der Waals surface area contributed by atoms with Crippen LogP contribution in [-0.2, 0) is 0 Å². The summed E-state index contributed by atoms with van der Waals surface area (Å²) in [7, 11) is 0. The van der Waals surface area contributed by atoms with Crippen LogP contribution in [0.15, 0.2) is 66.7 Å². The predicted octanol–water partition coefficient (Wildman–Crippen LogP) is 6.54. The largest absolute Gasteiger partial charge is 0.449 e. The van der Waals surface area contributed by atoms with Gasteiger partial charge in [-0.2, -0.15) is 0 Å². The van der Waals surface area contributed by atoms with E-state index in [2.05, 4.69) is 24.3 Å². The number of fused-ring (bicyclic) bond motifs is 7. The summed E-state index contributed by atoms with van der Waals surface area (Å²) in [6, 6.07) is 21.9. The Morgan fingerprint density at radius 3 is 1.70 bits per heavy atom. The van der Waals surface area contributed by atoms with Crippen molar-refractivity contribution in [1.82, 2.24) is 0 Å². The molecule has 2 nitrogen and oxygen atoms in total. The fraction of sp³-hybridized carbons (Fsp3) is 0. The summed E-state index contributed by atoms with van der Waals surface area (Å²) in [5.74, 6) is 2.83. The summed E-state index contributed by atoms with van der Waals surface area (Å²) in [4.78, 5) is 0. The van der Waals surface area contributed by atoms with Gasteiger partial charge in [0, 0.05) is 21.9 Å². The minimum Gasteiger partial charge on any atom is -0.449 e. The molecule has 0 spiro atoms. The zero-order valence-electron chi connectivity index (χ0n) is 12.0. The number of rotatable bonds is 0. The fourth-order valence-corrected chi connectivity index (χ4v) is 3.31. The summed E-state index contributed by atoms with van der Waals surface area (Å²) in [6.07, 6.45) is 0. The Balaban J connectivity index is 1.91. The van der Waals surface area contributed by atoms with E-state index in [9.17, 15) is 0 Å². The smallest absolute Gasteiger partial charge is 0.178 e. The third-order valence-corrected chi connectivity index (χ3v) is 4.40. The molecule has 0 amide bonds. The van der Waals surface area contributed by atoms with E-state index in [0.29, 0.717) is 16.5 Å². The van der Waals surface area contributed by atoms with Crippen LogP contribution in [-0.4, -0.2) is 0 Å². The lowest BCUT2D eigenvalue weighted by Crippen LogP contribution is -2.00. The molecule has 1 aliphatic rings. The Morgan fingerprint density at radius 2 is 1.09 bits per heavy atom. The molecule has 5 rings (SSSR count). The summed E-state index contributed by atoms with van der Waals surface area (Å²) in [6.45, 7) is 0. The van der Waals surface area contributed by atoms with Gasteiger partial charge in [0.15, 0.2) is 23.0 Å². The average Bonchev–Trinajstić information content (AvgIpc) is 2.60. The molecule has 0 aliphatic carbocycles. The van der Waals surface area contributed by atoms with Gasteiger partial charge in [-0.1, -0.05) is 60.1 Å². The second-order valence-corrected chi connectivity index (χ2v) is 5.98. The zero-order chi connectivity index (χ0) is 15.4. The molecule has 4 aromatic carbocycles. The molecule has 0 saturated carbocycles. The third kappa shape index (κ3) is 1.82. The van der Waals surface area contributed by atoms with Gasteiger partial charge in [-0.25, -0.2) is 0 Å². The molecule has 0 bridgehead atoms. The first-order chi connectivity index (χ1) is 11.3. The molecule has 0 N–H and O–H groups in total. The highest BCUT2D eigenvalue weighted by Crippen LogP contribution is 2.52. The molecule has 23 heavy (non-hydrogen) atoms. The van der Waals surface area contributed by atoms with E-state index in [1.54, 1.807) is 12.1 Å². The first-order valence-corrected chi connectivity index (χ1v) is 7.78. The number of halogens is 1.